The molecule has 0 unspecified atom stereocenters. The highest BCUT2D eigenvalue weighted by Gasteiger charge is 2.22. The average molecular weight is 271 g/mol. The third-order valence-electron chi connectivity index (χ3n) is 3.41. The third-order valence-corrected chi connectivity index (χ3v) is 3.41. The van der Waals surface area contributed by atoms with Crippen molar-refractivity contribution in [1.82, 2.24) is 9.55 Å². The van der Waals surface area contributed by atoms with Crippen molar-refractivity contribution >= 4 is 11.6 Å². The molecule has 20 heavy (non-hydrogen) atoms. The first-order valence-electron chi connectivity index (χ1n) is 6.73. The van der Waals surface area contributed by atoms with Crippen molar-refractivity contribution in [2.24, 2.45) is 0 Å². The van der Waals surface area contributed by atoms with E-state index in [1.807, 2.05) is 30.5 Å². The second-order valence-corrected chi connectivity index (χ2v) is 4.95. The summed E-state index contributed by atoms with van der Waals surface area (Å²) in [4.78, 5) is 15.6. The first-order valence-corrected chi connectivity index (χ1v) is 6.73. The molecule has 1 amide bonds. The minimum Gasteiger partial charge on any atom is -0.381 e. The van der Waals surface area contributed by atoms with E-state index >= 15 is 0 Å². The van der Waals surface area contributed by atoms with Gasteiger partial charge in [-0.05, 0) is 24.6 Å². The van der Waals surface area contributed by atoms with Gasteiger partial charge in [-0.1, -0.05) is 6.07 Å². The normalized spacial score (nSPS) is 18.1. The van der Waals surface area contributed by atoms with Gasteiger partial charge in [0.2, 0.25) is 5.91 Å². The Labute approximate surface area is 117 Å². The summed E-state index contributed by atoms with van der Waals surface area (Å²) in [5.74, 6) is 1.29. The number of anilines is 1. The quantitative estimate of drug-likeness (QED) is 0.932. The molecule has 5 nitrogen and oxygen atoms in total. The van der Waals surface area contributed by atoms with Crippen LogP contribution in [0.25, 0.3) is 5.69 Å². The molecule has 2 aromatic rings. The van der Waals surface area contributed by atoms with Gasteiger partial charge in [-0.3, -0.25) is 4.79 Å². The lowest BCUT2D eigenvalue weighted by Crippen LogP contribution is -2.09. The molecule has 1 aliphatic heterocycles. The SMILES string of the molecule is CC(=O)Nc1cccc(-n2ccnc2[C@H]2CCOC2)c1. The number of nitrogens with zero attached hydrogens (tertiary/aromatic N) is 2. The first kappa shape index (κ1) is 12.9. The zero-order chi connectivity index (χ0) is 13.9. The fourth-order valence-corrected chi connectivity index (χ4v) is 2.51. The molecule has 0 radical (unpaired) electrons. The van der Waals surface area contributed by atoms with Crippen LogP contribution >= 0.6 is 0 Å². The fraction of sp³-hybridized carbons (Fsp3) is 0.333. The Morgan fingerprint density at radius 1 is 1.50 bits per heavy atom. The van der Waals surface area contributed by atoms with Crippen LogP contribution in [0.4, 0.5) is 5.69 Å². The number of nitrogens with one attached hydrogen (secondary N) is 1. The standard InChI is InChI=1S/C15H17N3O2/c1-11(19)17-13-3-2-4-14(9-13)18-7-6-16-15(18)12-5-8-20-10-12/h2-4,6-7,9,12H,5,8,10H2,1H3,(H,17,19)/t12-/m0/s1. The van der Waals surface area contributed by atoms with E-state index in [0.717, 1.165) is 36.8 Å². The minimum absolute atomic E-state index is 0.0720. The zero-order valence-electron chi connectivity index (χ0n) is 11.4. The predicted octanol–water partition coefficient (Wildman–Crippen LogP) is 2.33. The molecule has 104 valence electrons. The van der Waals surface area contributed by atoms with Gasteiger partial charge in [-0.15, -0.1) is 0 Å². The third kappa shape index (κ3) is 2.58. The highest BCUT2D eigenvalue weighted by atomic mass is 16.5. The number of aromatic nitrogens is 2. The van der Waals surface area contributed by atoms with Gasteiger partial charge >= 0.3 is 0 Å². The van der Waals surface area contributed by atoms with Crippen LogP contribution in [0, 0.1) is 0 Å². The maximum atomic E-state index is 11.1. The summed E-state index contributed by atoms with van der Waals surface area (Å²) in [6.07, 6.45) is 4.75. The second-order valence-electron chi connectivity index (χ2n) is 4.95. The lowest BCUT2D eigenvalue weighted by atomic mass is 10.1. The molecule has 1 aromatic carbocycles. The van der Waals surface area contributed by atoms with E-state index in [9.17, 15) is 4.79 Å². The van der Waals surface area contributed by atoms with Crippen molar-refractivity contribution in [2.45, 2.75) is 19.3 Å². The molecule has 1 saturated heterocycles. The van der Waals surface area contributed by atoms with Crippen molar-refractivity contribution in [3.8, 4) is 5.69 Å². The molecule has 0 bridgehead atoms. The average Bonchev–Trinajstić information content (AvgIpc) is 3.09. The minimum atomic E-state index is -0.0720. The van der Waals surface area contributed by atoms with Crippen LogP contribution in [0.5, 0.6) is 0 Å². The molecule has 0 saturated carbocycles. The summed E-state index contributed by atoms with van der Waals surface area (Å²) >= 11 is 0. The van der Waals surface area contributed by atoms with Crippen LogP contribution in [-0.4, -0.2) is 28.7 Å². The van der Waals surface area contributed by atoms with Crippen molar-refractivity contribution in [3.63, 3.8) is 0 Å². The Kier molecular flexibility index (Phi) is 3.52. The number of benzene rings is 1. The maximum absolute atomic E-state index is 11.1. The lowest BCUT2D eigenvalue weighted by Gasteiger charge is -2.13. The number of imidazole rings is 1. The number of carbonyl (C=O) groups excluding carboxylic acids is 1. The van der Waals surface area contributed by atoms with Gasteiger partial charge in [-0.25, -0.2) is 4.98 Å². The fourth-order valence-electron chi connectivity index (χ4n) is 2.51. The monoisotopic (exact) mass is 271 g/mol. The summed E-state index contributed by atoms with van der Waals surface area (Å²) < 4.78 is 7.50. The van der Waals surface area contributed by atoms with Crippen LogP contribution in [-0.2, 0) is 9.53 Å². The van der Waals surface area contributed by atoms with Gasteiger partial charge in [0.25, 0.3) is 0 Å². The molecular formula is C15H17N3O2. The predicted molar refractivity (Wildman–Crippen MR) is 76.0 cm³/mol. The number of carbonyl (C=O) groups is 1. The Balaban J connectivity index is 1.92. The van der Waals surface area contributed by atoms with Gasteiger partial charge in [0.1, 0.15) is 5.82 Å². The summed E-state index contributed by atoms with van der Waals surface area (Å²) in [5.41, 5.74) is 1.79. The number of ether oxygens (including phenoxy) is 1. The van der Waals surface area contributed by atoms with Crippen molar-refractivity contribution < 1.29 is 9.53 Å². The van der Waals surface area contributed by atoms with E-state index in [4.69, 9.17) is 4.74 Å². The van der Waals surface area contributed by atoms with Gasteiger partial charge in [0, 0.05) is 43.2 Å². The Hall–Kier alpha value is -2.14. The highest BCUT2D eigenvalue weighted by Crippen LogP contribution is 2.26. The summed E-state index contributed by atoms with van der Waals surface area (Å²) in [6.45, 7) is 3.02. The molecule has 3 rings (SSSR count). The van der Waals surface area contributed by atoms with Gasteiger partial charge in [-0.2, -0.15) is 0 Å². The molecule has 0 aliphatic carbocycles. The maximum Gasteiger partial charge on any atom is 0.221 e. The summed E-state index contributed by atoms with van der Waals surface area (Å²) in [7, 11) is 0. The number of hydrogen-bond acceptors (Lipinski definition) is 3. The molecule has 1 aliphatic rings. The lowest BCUT2D eigenvalue weighted by molar-refractivity contribution is -0.114. The van der Waals surface area contributed by atoms with E-state index < -0.39 is 0 Å². The molecule has 1 aromatic heterocycles. The van der Waals surface area contributed by atoms with Crippen molar-refractivity contribution in [1.29, 1.82) is 0 Å². The van der Waals surface area contributed by atoms with Crippen LogP contribution in [0.2, 0.25) is 0 Å². The second kappa shape index (κ2) is 5.46. The van der Waals surface area contributed by atoms with Crippen molar-refractivity contribution in [2.75, 3.05) is 18.5 Å². The molecule has 1 atom stereocenters. The summed E-state index contributed by atoms with van der Waals surface area (Å²) in [6, 6.07) is 7.75. The van der Waals surface area contributed by atoms with E-state index in [1.54, 1.807) is 6.20 Å². The van der Waals surface area contributed by atoms with Gasteiger partial charge < -0.3 is 14.6 Å². The van der Waals surface area contributed by atoms with Gasteiger partial charge in [0.05, 0.1) is 6.61 Å². The zero-order valence-corrected chi connectivity index (χ0v) is 11.4. The van der Waals surface area contributed by atoms with Crippen LogP contribution in [0.1, 0.15) is 25.1 Å². The van der Waals surface area contributed by atoms with Crippen LogP contribution in [0.15, 0.2) is 36.7 Å². The Morgan fingerprint density at radius 2 is 2.40 bits per heavy atom. The number of amides is 1. The molecule has 2 heterocycles. The largest absolute Gasteiger partial charge is 0.381 e. The molecule has 0 spiro atoms. The molecule has 1 fully saturated rings. The Bertz CT molecular complexity index is 615. The van der Waals surface area contributed by atoms with E-state index in [2.05, 4.69) is 14.9 Å². The number of rotatable bonds is 3. The molecular weight excluding hydrogens is 254 g/mol. The first-order chi connectivity index (χ1) is 9.74. The number of hydrogen-bond donors (Lipinski definition) is 1. The van der Waals surface area contributed by atoms with Crippen molar-refractivity contribution in [3.05, 3.63) is 42.5 Å². The van der Waals surface area contributed by atoms with Gasteiger partial charge in [0.15, 0.2) is 0 Å². The highest BCUT2D eigenvalue weighted by molar-refractivity contribution is 5.88. The summed E-state index contributed by atoms with van der Waals surface area (Å²) in [5, 5.41) is 2.80. The molecule has 1 N–H and O–H groups in total. The van der Waals surface area contributed by atoms with Crippen LogP contribution < -0.4 is 5.32 Å². The van der Waals surface area contributed by atoms with E-state index in [-0.39, 0.29) is 5.91 Å². The smallest absolute Gasteiger partial charge is 0.221 e. The van der Waals surface area contributed by atoms with Crippen LogP contribution in [0.3, 0.4) is 0 Å². The Morgan fingerprint density at radius 3 is 3.15 bits per heavy atom. The van der Waals surface area contributed by atoms with E-state index in [0.29, 0.717) is 5.92 Å². The topological polar surface area (TPSA) is 56.2 Å². The molecule has 5 heteroatoms. The van der Waals surface area contributed by atoms with E-state index in [1.165, 1.54) is 6.92 Å².